The van der Waals surface area contributed by atoms with E-state index >= 15 is 0 Å². The Balaban J connectivity index is 2.99. The summed E-state index contributed by atoms with van der Waals surface area (Å²) in [6.45, 7) is 3.12. The Morgan fingerprint density at radius 3 is 1.62 bits per heavy atom. The zero-order chi connectivity index (χ0) is 24.4. The van der Waals surface area contributed by atoms with Crippen LogP contribution in [0.2, 0.25) is 0 Å². The molecule has 9 nitrogen and oxygen atoms in total. The Hall–Kier alpha value is -3.23. The molecule has 0 saturated carbocycles. The molecule has 0 spiro atoms. The van der Waals surface area contributed by atoms with Gasteiger partial charge in [-0.25, -0.2) is 0 Å². The van der Waals surface area contributed by atoms with Gasteiger partial charge < -0.3 is 20.4 Å². The van der Waals surface area contributed by atoms with Crippen molar-refractivity contribution in [3.8, 4) is 0 Å². The molecule has 0 aliphatic heterocycles. The number of carboxylic acid groups (broad SMARTS) is 4. The van der Waals surface area contributed by atoms with Gasteiger partial charge in [-0.15, -0.1) is 0 Å². The average Bonchev–Trinajstić information content (AvgIpc) is 2.72. The maximum Gasteiger partial charge on any atom is 0.306 e. The van der Waals surface area contributed by atoms with Crippen molar-refractivity contribution in [2.75, 3.05) is 0 Å². The first-order valence-electron chi connectivity index (χ1n) is 10.5. The van der Waals surface area contributed by atoms with Gasteiger partial charge in [0.2, 0.25) is 0 Å². The number of carbonyl (C=O) groups is 5. The topological polar surface area (TPSA) is 166 Å². The molecule has 32 heavy (non-hydrogen) atoms. The molecule has 0 heterocycles. The van der Waals surface area contributed by atoms with E-state index in [9.17, 15) is 39.3 Å². The Kier molecular flexibility index (Phi) is 10.5. The van der Waals surface area contributed by atoms with Gasteiger partial charge in [0.05, 0.1) is 23.7 Å². The van der Waals surface area contributed by atoms with Crippen LogP contribution >= 0.6 is 0 Å². The lowest BCUT2D eigenvalue weighted by molar-refractivity contribution is -0.149. The van der Waals surface area contributed by atoms with Gasteiger partial charge in [-0.05, 0) is 31.2 Å². The number of rotatable bonds is 15. The summed E-state index contributed by atoms with van der Waals surface area (Å²) in [6, 6.07) is 8.86. The number of hydrogen-bond donors (Lipinski definition) is 4. The molecule has 9 heteroatoms. The molecule has 1 rings (SSSR count). The third-order valence-electron chi connectivity index (χ3n) is 5.69. The average molecular weight is 450 g/mol. The van der Waals surface area contributed by atoms with Crippen LogP contribution in [0.5, 0.6) is 0 Å². The smallest absolute Gasteiger partial charge is 0.306 e. The lowest BCUT2D eigenvalue weighted by Gasteiger charge is -2.23. The van der Waals surface area contributed by atoms with Crippen LogP contribution in [0.3, 0.4) is 0 Å². The van der Waals surface area contributed by atoms with E-state index in [1.54, 1.807) is 37.3 Å². The molecule has 0 aliphatic carbocycles. The number of aliphatic carboxylic acids is 4. The largest absolute Gasteiger partial charge is 0.481 e. The molecule has 0 fully saturated rings. The summed E-state index contributed by atoms with van der Waals surface area (Å²) in [5.41, 5.74) is 0.743. The van der Waals surface area contributed by atoms with E-state index in [0.29, 0.717) is 6.42 Å². The van der Waals surface area contributed by atoms with Crippen molar-refractivity contribution in [3.63, 3.8) is 0 Å². The van der Waals surface area contributed by atoms with Crippen molar-refractivity contribution in [3.05, 3.63) is 35.9 Å². The molecule has 0 aromatic heterocycles. The van der Waals surface area contributed by atoms with Crippen molar-refractivity contribution < 1.29 is 44.4 Å². The fraction of sp³-hybridized carbons (Fsp3) is 0.522. The molecule has 0 amide bonds. The molecule has 5 unspecified atom stereocenters. The van der Waals surface area contributed by atoms with Gasteiger partial charge in [0, 0.05) is 12.3 Å². The summed E-state index contributed by atoms with van der Waals surface area (Å²) in [5, 5.41) is 37.6. The number of benzene rings is 1. The van der Waals surface area contributed by atoms with Crippen LogP contribution in [0.25, 0.3) is 0 Å². The van der Waals surface area contributed by atoms with E-state index in [0.717, 1.165) is 5.56 Å². The van der Waals surface area contributed by atoms with Gasteiger partial charge in [-0.2, -0.15) is 0 Å². The molecular weight excluding hydrogens is 420 g/mol. The van der Waals surface area contributed by atoms with Crippen LogP contribution in [0, 0.1) is 23.7 Å². The van der Waals surface area contributed by atoms with Gasteiger partial charge in [-0.3, -0.25) is 24.0 Å². The maximum absolute atomic E-state index is 12.8. The third kappa shape index (κ3) is 8.13. The van der Waals surface area contributed by atoms with E-state index < -0.39 is 66.3 Å². The predicted octanol–water partition coefficient (Wildman–Crippen LogP) is 3.13. The predicted molar refractivity (Wildman–Crippen MR) is 113 cm³/mol. The summed E-state index contributed by atoms with van der Waals surface area (Å²) in [5.74, 6) is -11.0. The van der Waals surface area contributed by atoms with Crippen molar-refractivity contribution in [1.82, 2.24) is 0 Å². The summed E-state index contributed by atoms with van der Waals surface area (Å²) in [7, 11) is 0. The first-order valence-corrected chi connectivity index (χ1v) is 10.5. The highest BCUT2D eigenvalue weighted by Gasteiger charge is 2.35. The molecule has 1 aromatic carbocycles. The standard InChI is InChI=1S/C23H30O9/c1-3-18(14-7-5-4-6-8-14)19(24)12-17(23(31)32)11-16(22(29)30)10-15(21(27)28)9-13(2)20(25)26/h4-8,13,15-18H,3,9-12H2,1-2H3,(H,25,26)(H,27,28)(H,29,30)(H,31,32). The lowest BCUT2D eigenvalue weighted by Crippen LogP contribution is -2.30. The molecule has 0 radical (unpaired) electrons. The second-order valence-electron chi connectivity index (χ2n) is 8.09. The molecule has 5 atom stereocenters. The highest BCUT2D eigenvalue weighted by molar-refractivity contribution is 5.89. The quantitative estimate of drug-likeness (QED) is 0.314. The van der Waals surface area contributed by atoms with Gasteiger partial charge in [0.15, 0.2) is 0 Å². The number of Topliss-reactive ketones (excluding diaryl/α,β-unsaturated/α-hetero) is 1. The Bertz CT molecular complexity index is 818. The van der Waals surface area contributed by atoms with Crippen molar-refractivity contribution in [2.24, 2.45) is 23.7 Å². The molecule has 4 N–H and O–H groups in total. The van der Waals surface area contributed by atoms with E-state index in [2.05, 4.69) is 0 Å². The van der Waals surface area contributed by atoms with E-state index in [4.69, 9.17) is 5.11 Å². The first-order chi connectivity index (χ1) is 15.0. The fourth-order valence-corrected chi connectivity index (χ4v) is 3.80. The normalized spacial score (nSPS) is 15.7. The zero-order valence-corrected chi connectivity index (χ0v) is 18.1. The van der Waals surface area contributed by atoms with Crippen LogP contribution in [0.4, 0.5) is 0 Å². The summed E-state index contributed by atoms with van der Waals surface area (Å²) < 4.78 is 0. The van der Waals surface area contributed by atoms with Crippen molar-refractivity contribution in [1.29, 1.82) is 0 Å². The third-order valence-corrected chi connectivity index (χ3v) is 5.69. The Labute approximate surface area is 186 Å². The van der Waals surface area contributed by atoms with Crippen LogP contribution in [0.1, 0.15) is 57.4 Å². The molecule has 0 aliphatic rings. The zero-order valence-electron chi connectivity index (χ0n) is 18.1. The summed E-state index contributed by atoms with van der Waals surface area (Å²) >= 11 is 0. The molecular formula is C23H30O9. The first kappa shape index (κ1) is 26.8. The molecule has 176 valence electrons. The number of ketones is 1. The van der Waals surface area contributed by atoms with Crippen LogP contribution in [-0.2, 0) is 24.0 Å². The molecule has 0 saturated heterocycles. The second kappa shape index (κ2) is 12.6. The molecule has 1 aromatic rings. The van der Waals surface area contributed by atoms with Gasteiger partial charge in [0.1, 0.15) is 5.78 Å². The summed E-state index contributed by atoms with van der Waals surface area (Å²) in [4.78, 5) is 58.9. The van der Waals surface area contributed by atoms with Crippen molar-refractivity contribution in [2.45, 2.75) is 51.9 Å². The number of carbonyl (C=O) groups excluding carboxylic acids is 1. The van der Waals surface area contributed by atoms with E-state index in [-0.39, 0.29) is 18.6 Å². The Morgan fingerprint density at radius 1 is 0.719 bits per heavy atom. The minimum Gasteiger partial charge on any atom is -0.481 e. The Morgan fingerprint density at radius 2 is 1.19 bits per heavy atom. The lowest BCUT2D eigenvalue weighted by atomic mass is 9.80. The van der Waals surface area contributed by atoms with Gasteiger partial charge in [-0.1, -0.05) is 44.2 Å². The fourth-order valence-electron chi connectivity index (χ4n) is 3.80. The summed E-state index contributed by atoms with van der Waals surface area (Å²) in [6.07, 6.45) is -1.05. The molecule has 0 bridgehead atoms. The number of carboxylic acids is 4. The number of hydrogen-bond acceptors (Lipinski definition) is 5. The van der Waals surface area contributed by atoms with Gasteiger partial charge in [0.25, 0.3) is 0 Å². The van der Waals surface area contributed by atoms with Crippen LogP contribution in [-0.4, -0.2) is 50.1 Å². The monoisotopic (exact) mass is 450 g/mol. The second-order valence-corrected chi connectivity index (χ2v) is 8.09. The SMILES string of the molecule is CCC(C(=O)CC(CC(CC(CC(C)C(=O)O)C(=O)O)C(=O)O)C(=O)O)c1ccccc1. The van der Waals surface area contributed by atoms with E-state index in [1.165, 1.54) is 6.92 Å². The highest BCUT2D eigenvalue weighted by Crippen LogP contribution is 2.30. The van der Waals surface area contributed by atoms with Crippen LogP contribution < -0.4 is 0 Å². The van der Waals surface area contributed by atoms with E-state index in [1.807, 2.05) is 0 Å². The van der Waals surface area contributed by atoms with Crippen molar-refractivity contribution >= 4 is 29.7 Å². The van der Waals surface area contributed by atoms with Crippen LogP contribution in [0.15, 0.2) is 30.3 Å². The minimum absolute atomic E-state index is 0.281. The minimum atomic E-state index is -1.38. The highest BCUT2D eigenvalue weighted by atomic mass is 16.4. The maximum atomic E-state index is 12.8. The van der Waals surface area contributed by atoms with Gasteiger partial charge >= 0.3 is 23.9 Å².